The number of anilines is 1. The Kier molecular flexibility index (Phi) is 3.82. The predicted molar refractivity (Wildman–Crippen MR) is 124 cm³/mol. The van der Waals surface area contributed by atoms with E-state index in [0.717, 1.165) is 22.4 Å². The molecule has 4 aromatic carbocycles. The Morgan fingerprint density at radius 2 is 1.52 bits per heavy atom. The third kappa shape index (κ3) is 2.67. The highest BCUT2D eigenvalue weighted by atomic mass is 127. The second-order valence-corrected chi connectivity index (χ2v) is 8.23. The van der Waals surface area contributed by atoms with Crippen LogP contribution in [-0.4, -0.2) is 24.1 Å². The number of H-pyrrole nitrogens is 1. The lowest BCUT2D eigenvalue weighted by Crippen LogP contribution is -2.07. The first-order chi connectivity index (χ1) is 13.1. The fourth-order valence-corrected chi connectivity index (χ4v) is 4.19. The minimum Gasteiger partial charge on any atom is -0.378 e. The first-order valence-electron chi connectivity index (χ1n) is 8.89. The van der Waals surface area contributed by atoms with Crippen LogP contribution in [0, 0.1) is 3.57 Å². The van der Waals surface area contributed by atoms with Crippen molar-refractivity contribution in [3.8, 4) is 11.4 Å². The van der Waals surface area contributed by atoms with E-state index in [1.54, 1.807) is 0 Å². The van der Waals surface area contributed by atoms with Gasteiger partial charge in [-0.25, -0.2) is 4.98 Å². The van der Waals surface area contributed by atoms with Crippen LogP contribution in [0.3, 0.4) is 0 Å². The van der Waals surface area contributed by atoms with Crippen LogP contribution in [0.2, 0.25) is 0 Å². The number of fused-ring (bicyclic) bond motifs is 6. The maximum atomic E-state index is 5.00. The normalized spacial score (nSPS) is 11.5. The van der Waals surface area contributed by atoms with Crippen LogP contribution in [0.5, 0.6) is 0 Å². The van der Waals surface area contributed by atoms with Gasteiger partial charge in [-0.15, -0.1) is 0 Å². The molecule has 0 aliphatic heterocycles. The lowest BCUT2D eigenvalue weighted by Gasteiger charge is -2.12. The molecule has 0 saturated carbocycles. The van der Waals surface area contributed by atoms with Crippen LogP contribution in [0.4, 0.5) is 5.69 Å². The molecule has 0 saturated heterocycles. The summed E-state index contributed by atoms with van der Waals surface area (Å²) in [6.07, 6.45) is 0. The van der Waals surface area contributed by atoms with Gasteiger partial charge >= 0.3 is 0 Å². The number of hydrogen-bond donors (Lipinski definition) is 1. The van der Waals surface area contributed by atoms with Crippen molar-refractivity contribution in [3.63, 3.8) is 0 Å². The quantitative estimate of drug-likeness (QED) is 0.250. The molecule has 4 heteroatoms. The van der Waals surface area contributed by atoms with Gasteiger partial charge in [-0.05, 0) is 69.8 Å². The summed E-state index contributed by atoms with van der Waals surface area (Å²) in [4.78, 5) is 10.7. The Morgan fingerprint density at radius 3 is 2.26 bits per heavy atom. The molecule has 0 radical (unpaired) electrons. The van der Waals surface area contributed by atoms with Crippen molar-refractivity contribution in [2.75, 3.05) is 19.0 Å². The highest BCUT2D eigenvalue weighted by Gasteiger charge is 2.14. The average molecular weight is 463 g/mol. The number of hydrogen-bond acceptors (Lipinski definition) is 2. The molecule has 0 atom stereocenters. The first kappa shape index (κ1) is 16.6. The van der Waals surface area contributed by atoms with Gasteiger partial charge in [0.15, 0.2) is 0 Å². The monoisotopic (exact) mass is 463 g/mol. The largest absolute Gasteiger partial charge is 0.378 e. The second-order valence-electron chi connectivity index (χ2n) is 6.99. The summed E-state index contributed by atoms with van der Waals surface area (Å²) in [5.74, 6) is 0.909. The van der Waals surface area contributed by atoms with E-state index in [1.807, 2.05) is 0 Å². The lowest BCUT2D eigenvalue weighted by molar-refractivity contribution is 1.13. The van der Waals surface area contributed by atoms with Gasteiger partial charge in [-0.3, -0.25) is 0 Å². The van der Waals surface area contributed by atoms with Crippen LogP contribution in [0.15, 0.2) is 66.7 Å². The lowest BCUT2D eigenvalue weighted by atomic mass is 10.0. The molecular formula is C23H18IN3. The summed E-state index contributed by atoms with van der Waals surface area (Å²) in [7, 11) is 4.10. The van der Waals surface area contributed by atoms with Crippen LogP contribution < -0.4 is 4.90 Å². The Hall–Kier alpha value is -2.60. The number of benzene rings is 4. The van der Waals surface area contributed by atoms with Crippen molar-refractivity contribution in [2.45, 2.75) is 0 Å². The minimum absolute atomic E-state index is 0.909. The molecule has 1 aromatic heterocycles. The van der Waals surface area contributed by atoms with E-state index in [1.165, 1.54) is 30.8 Å². The van der Waals surface area contributed by atoms with Gasteiger partial charge in [0.1, 0.15) is 5.82 Å². The molecule has 5 aromatic rings. The SMILES string of the molecule is CN(C)c1ccc(-c2nc3c4cc(I)ccc4c4ccccc4c3[nH]2)cc1. The average Bonchev–Trinajstić information content (AvgIpc) is 3.14. The summed E-state index contributed by atoms with van der Waals surface area (Å²) in [6, 6.07) is 23.7. The smallest absolute Gasteiger partial charge is 0.138 e. The highest BCUT2D eigenvalue weighted by molar-refractivity contribution is 14.1. The van der Waals surface area contributed by atoms with E-state index in [2.05, 4.69) is 113 Å². The zero-order chi connectivity index (χ0) is 18.5. The Morgan fingerprint density at radius 1 is 0.815 bits per heavy atom. The topological polar surface area (TPSA) is 31.9 Å². The molecule has 5 rings (SSSR count). The highest BCUT2D eigenvalue weighted by Crippen LogP contribution is 2.36. The number of rotatable bonds is 2. The van der Waals surface area contributed by atoms with Crippen molar-refractivity contribution in [1.29, 1.82) is 0 Å². The van der Waals surface area contributed by atoms with Crippen molar-refractivity contribution < 1.29 is 0 Å². The fourth-order valence-electron chi connectivity index (χ4n) is 3.70. The summed E-state index contributed by atoms with van der Waals surface area (Å²) in [5, 5.41) is 4.92. The van der Waals surface area contributed by atoms with Crippen LogP contribution in [0.25, 0.3) is 44.0 Å². The molecule has 0 spiro atoms. The first-order valence-corrected chi connectivity index (χ1v) is 9.97. The van der Waals surface area contributed by atoms with E-state index < -0.39 is 0 Å². The van der Waals surface area contributed by atoms with Gasteiger partial charge in [0, 0.05) is 39.7 Å². The molecule has 1 N–H and O–H groups in total. The Labute approximate surface area is 171 Å². The second kappa shape index (κ2) is 6.23. The van der Waals surface area contributed by atoms with E-state index in [0.29, 0.717) is 0 Å². The number of nitrogens with one attached hydrogen (secondary N) is 1. The molecule has 0 aliphatic rings. The van der Waals surface area contributed by atoms with Gasteiger partial charge in [-0.1, -0.05) is 30.3 Å². The Balaban J connectivity index is 1.83. The maximum absolute atomic E-state index is 5.00. The van der Waals surface area contributed by atoms with E-state index in [-0.39, 0.29) is 0 Å². The summed E-state index contributed by atoms with van der Waals surface area (Å²) in [6.45, 7) is 0. The van der Waals surface area contributed by atoms with Crippen molar-refractivity contribution >= 4 is 60.9 Å². The van der Waals surface area contributed by atoms with Crippen molar-refractivity contribution in [1.82, 2.24) is 9.97 Å². The van der Waals surface area contributed by atoms with Crippen LogP contribution in [-0.2, 0) is 0 Å². The molecule has 0 unspecified atom stereocenters. The Bertz CT molecular complexity index is 1300. The molecule has 27 heavy (non-hydrogen) atoms. The molecular weight excluding hydrogens is 445 g/mol. The molecule has 132 valence electrons. The number of nitrogens with zero attached hydrogens (tertiary/aromatic N) is 2. The van der Waals surface area contributed by atoms with Crippen LogP contribution in [0.1, 0.15) is 0 Å². The number of aromatic nitrogens is 2. The molecule has 0 bridgehead atoms. The van der Waals surface area contributed by atoms with Gasteiger partial charge in [0.25, 0.3) is 0 Å². The number of halogens is 1. The summed E-state index contributed by atoms with van der Waals surface area (Å²) < 4.78 is 1.22. The standard InChI is InChI=1S/C23H18IN3/c1-27(2)16-10-7-14(8-11-16)23-25-21-19-6-4-3-5-17(19)18-12-9-15(24)13-20(18)22(21)26-23/h3-13H,1-2H3,(H,25,26). The molecule has 0 fully saturated rings. The number of imidazole rings is 1. The minimum atomic E-state index is 0.909. The fraction of sp³-hybridized carbons (Fsp3) is 0.0870. The van der Waals surface area contributed by atoms with Gasteiger partial charge in [0.2, 0.25) is 0 Å². The predicted octanol–water partition coefficient (Wildman–Crippen LogP) is 6.21. The summed E-state index contributed by atoms with van der Waals surface area (Å²) in [5.41, 5.74) is 4.42. The molecule has 3 nitrogen and oxygen atoms in total. The van der Waals surface area contributed by atoms with Gasteiger partial charge < -0.3 is 9.88 Å². The van der Waals surface area contributed by atoms with Gasteiger partial charge in [-0.2, -0.15) is 0 Å². The van der Waals surface area contributed by atoms with Gasteiger partial charge in [0.05, 0.1) is 11.0 Å². The number of aromatic amines is 1. The van der Waals surface area contributed by atoms with Crippen molar-refractivity contribution in [3.05, 3.63) is 70.3 Å². The zero-order valence-corrected chi connectivity index (χ0v) is 17.3. The molecule has 0 aliphatic carbocycles. The van der Waals surface area contributed by atoms with E-state index >= 15 is 0 Å². The molecule has 0 amide bonds. The van der Waals surface area contributed by atoms with Crippen molar-refractivity contribution in [2.24, 2.45) is 0 Å². The van der Waals surface area contributed by atoms with E-state index in [4.69, 9.17) is 4.98 Å². The third-order valence-corrected chi connectivity index (χ3v) is 5.76. The summed E-state index contributed by atoms with van der Waals surface area (Å²) >= 11 is 2.37. The maximum Gasteiger partial charge on any atom is 0.138 e. The molecule has 1 heterocycles. The zero-order valence-electron chi connectivity index (χ0n) is 15.1. The third-order valence-electron chi connectivity index (χ3n) is 5.08. The van der Waals surface area contributed by atoms with Crippen LogP contribution >= 0.6 is 22.6 Å². The van der Waals surface area contributed by atoms with E-state index in [9.17, 15) is 0 Å².